The summed E-state index contributed by atoms with van der Waals surface area (Å²) in [7, 11) is 0. The van der Waals surface area contributed by atoms with Crippen LogP contribution in [0.2, 0.25) is 0 Å². The van der Waals surface area contributed by atoms with Crippen LogP contribution in [0.1, 0.15) is 48.1 Å². The van der Waals surface area contributed by atoms with Gasteiger partial charge in [0.1, 0.15) is 0 Å². The number of carbonyl (C=O) groups excluding carboxylic acids is 2. The minimum Gasteiger partial charge on any atom is -0.349 e. The molecule has 0 bridgehead atoms. The van der Waals surface area contributed by atoms with E-state index in [1.54, 1.807) is 0 Å². The molecule has 1 aliphatic rings. The van der Waals surface area contributed by atoms with Gasteiger partial charge < -0.3 is 10.2 Å². The summed E-state index contributed by atoms with van der Waals surface area (Å²) in [5.41, 5.74) is 5.40. The number of benzene rings is 2. The zero-order valence-corrected chi connectivity index (χ0v) is 15.7. The Morgan fingerprint density at radius 2 is 1.88 bits per heavy atom. The van der Waals surface area contributed by atoms with Crippen molar-refractivity contribution in [1.82, 2.24) is 5.32 Å². The topological polar surface area (TPSA) is 49.4 Å². The van der Waals surface area contributed by atoms with Crippen molar-refractivity contribution in [3.8, 4) is 0 Å². The second-order valence-electron chi connectivity index (χ2n) is 7.14. The number of nitrogens with one attached hydrogen (secondary N) is 1. The molecular formula is C22H26N2O2. The van der Waals surface area contributed by atoms with Crippen molar-refractivity contribution >= 4 is 17.5 Å². The highest BCUT2D eigenvalue weighted by molar-refractivity contribution is 5.95. The van der Waals surface area contributed by atoms with Gasteiger partial charge in [0, 0.05) is 18.7 Å². The van der Waals surface area contributed by atoms with Crippen molar-refractivity contribution in [1.29, 1.82) is 0 Å². The number of nitrogens with zero attached hydrogens (tertiary/aromatic N) is 1. The van der Waals surface area contributed by atoms with Gasteiger partial charge in [0.05, 0.1) is 12.5 Å². The van der Waals surface area contributed by atoms with Crippen molar-refractivity contribution in [2.45, 2.75) is 46.1 Å². The molecule has 0 spiro atoms. The zero-order chi connectivity index (χ0) is 18.7. The van der Waals surface area contributed by atoms with Crippen LogP contribution in [0.3, 0.4) is 0 Å². The van der Waals surface area contributed by atoms with Crippen molar-refractivity contribution in [3.05, 3.63) is 64.7 Å². The van der Waals surface area contributed by atoms with Crippen molar-refractivity contribution in [3.63, 3.8) is 0 Å². The Morgan fingerprint density at radius 1 is 1.15 bits per heavy atom. The molecule has 4 heteroatoms. The normalized spacial score (nSPS) is 15.2. The Balaban J connectivity index is 1.61. The first-order valence-corrected chi connectivity index (χ1v) is 9.20. The summed E-state index contributed by atoms with van der Waals surface area (Å²) in [6.07, 6.45) is 1.88. The summed E-state index contributed by atoms with van der Waals surface area (Å²) < 4.78 is 0. The Labute approximate surface area is 155 Å². The Bertz CT molecular complexity index is 811. The van der Waals surface area contributed by atoms with Gasteiger partial charge in [0.15, 0.2) is 0 Å². The molecule has 2 aromatic carbocycles. The summed E-state index contributed by atoms with van der Waals surface area (Å²) in [6, 6.07) is 14.0. The third-order valence-corrected chi connectivity index (χ3v) is 4.96. The smallest absolute Gasteiger partial charge is 0.227 e. The van der Waals surface area contributed by atoms with Crippen LogP contribution >= 0.6 is 0 Å². The van der Waals surface area contributed by atoms with Crippen LogP contribution in [0.25, 0.3) is 0 Å². The molecule has 2 aromatic rings. The number of carbonyl (C=O) groups is 2. The minimum atomic E-state index is -0.0242. The Morgan fingerprint density at radius 3 is 2.54 bits per heavy atom. The third kappa shape index (κ3) is 4.13. The maximum Gasteiger partial charge on any atom is 0.227 e. The van der Waals surface area contributed by atoms with Crippen molar-refractivity contribution in [2.75, 3.05) is 11.4 Å². The minimum absolute atomic E-state index is 0.00315. The molecule has 136 valence electrons. The first-order chi connectivity index (χ1) is 12.4. The fourth-order valence-corrected chi connectivity index (χ4v) is 3.50. The molecular weight excluding hydrogens is 324 g/mol. The lowest BCUT2D eigenvalue weighted by molar-refractivity contribution is -0.121. The Hall–Kier alpha value is -2.62. The predicted octanol–water partition coefficient (Wildman–Crippen LogP) is 3.85. The molecule has 1 aliphatic heterocycles. The molecule has 0 saturated carbocycles. The molecule has 0 aromatic heterocycles. The largest absolute Gasteiger partial charge is 0.349 e. The SMILES string of the molecule is Cc1ccc(C)c(C(C)NC(=O)Cc2ccc(N3CCCC3=O)cc2)c1. The molecule has 1 heterocycles. The monoisotopic (exact) mass is 350 g/mol. The van der Waals surface area contributed by atoms with Crippen molar-refractivity contribution < 1.29 is 9.59 Å². The highest BCUT2D eigenvalue weighted by Gasteiger charge is 2.21. The second kappa shape index (κ2) is 7.73. The molecule has 2 amide bonds. The van der Waals surface area contributed by atoms with Crippen molar-refractivity contribution in [2.24, 2.45) is 0 Å². The number of anilines is 1. The summed E-state index contributed by atoms with van der Waals surface area (Å²) in [5, 5.41) is 3.09. The standard InChI is InChI=1S/C22H26N2O2/c1-15-6-7-16(2)20(13-15)17(3)23-21(25)14-18-8-10-19(11-9-18)24-12-4-5-22(24)26/h6-11,13,17H,4-5,12,14H2,1-3H3,(H,23,25). The maximum atomic E-state index is 12.4. The fourth-order valence-electron chi connectivity index (χ4n) is 3.50. The van der Waals surface area contributed by atoms with Gasteiger partial charge in [-0.05, 0) is 56.0 Å². The highest BCUT2D eigenvalue weighted by atomic mass is 16.2. The molecule has 1 unspecified atom stereocenters. The van der Waals surface area contributed by atoms with Crippen LogP contribution < -0.4 is 10.2 Å². The first-order valence-electron chi connectivity index (χ1n) is 9.20. The number of hydrogen-bond donors (Lipinski definition) is 1. The molecule has 4 nitrogen and oxygen atoms in total. The van der Waals surface area contributed by atoms with Gasteiger partial charge in [0.25, 0.3) is 0 Å². The zero-order valence-electron chi connectivity index (χ0n) is 15.7. The van der Waals surface area contributed by atoms with E-state index in [0.717, 1.165) is 29.8 Å². The van der Waals surface area contributed by atoms with Crippen LogP contribution in [0.15, 0.2) is 42.5 Å². The molecule has 26 heavy (non-hydrogen) atoms. The van der Waals surface area contributed by atoms with E-state index >= 15 is 0 Å². The van der Waals surface area contributed by atoms with E-state index in [2.05, 4.69) is 37.4 Å². The first kappa shape index (κ1) is 18.2. The number of hydrogen-bond acceptors (Lipinski definition) is 2. The average molecular weight is 350 g/mol. The molecule has 0 aliphatic carbocycles. The van der Waals surface area contributed by atoms with Gasteiger partial charge >= 0.3 is 0 Å². The van der Waals surface area contributed by atoms with Crippen LogP contribution in [0.5, 0.6) is 0 Å². The van der Waals surface area contributed by atoms with Gasteiger partial charge in [0.2, 0.25) is 11.8 Å². The lowest BCUT2D eigenvalue weighted by Gasteiger charge is -2.18. The van der Waals surface area contributed by atoms with Crippen LogP contribution in [-0.4, -0.2) is 18.4 Å². The average Bonchev–Trinajstić information content (AvgIpc) is 3.03. The molecule has 0 radical (unpaired) electrons. The predicted molar refractivity (Wildman–Crippen MR) is 104 cm³/mol. The van der Waals surface area contributed by atoms with Gasteiger partial charge in [-0.1, -0.05) is 35.9 Å². The Kier molecular flexibility index (Phi) is 5.40. The molecule has 3 rings (SSSR count). The summed E-state index contributed by atoms with van der Waals surface area (Å²) >= 11 is 0. The summed E-state index contributed by atoms with van der Waals surface area (Å²) in [5.74, 6) is 0.182. The quantitative estimate of drug-likeness (QED) is 0.890. The van der Waals surface area contributed by atoms with Crippen LogP contribution in [0.4, 0.5) is 5.69 Å². The molecule has 1 saturated heterocycles. The number of aryl methyl sites for hydroxylation is 2. The van der Waals surface area contributed by atoms with E-state index in [1.807, 2.05) is 36.1 Å². The van der Waals surface area contributed by atoms with Gasteiger partial charge in [-0.25, -0.2) is 0 Å². The van der Waals surface area contributed by atoms with E-state index in [1.165, 1.54) is 11.1 Å². The van der Waals surface area contributed by atoms with Crippen LogP contribution in [-0.2, 0) is 16.0 Å². The molecule has 1 fully saturated rings. The van der Waals surface area contributed by atoms with Gasteiger partial charge in [-0.15, -0.1) is 0 Å². The molecule has 1 atom stereocenters. The summed E-state index contributed by atoms with van der Waals surface area (Å²) in [4.78, 5) is 26.0. The van der Waals surface area contributed by atoms with Crippen LogP contribution in [0, 0.1) is 13.8 Å². The van der Waals surface area contributed by atoms with E-state index in [0.29, 0.717) is 12.8 Å². The molecule has 1 N–H and O–H groups in total. The van der Waals surface area contributed by atoms with Gasteiger partial charge in [-0.3, -0.25) is 9.59 Å². The van der Waals surface area contributed by atoms with E-state index in [9.17, 15) is 9.59 Å². The fraction of sp³-hybridized carbons (Fsp3) is 0.364. The van der Waals surface area contributed by atoms with Gasteiger partial charge in [-0.2, -0.15) is 0 Å². The maximum absolute atomic E-state index is 12.4. The van der Waals surface area contributed by atoms with E-state index in [4.69, 9.17) is 0 Å². The van der Waals surface area contributed by atoms with E-state index in [-0.39, 0.29) is 17.9 Å². The lowest BCUT2D eigenvalue weighted by Crippen LogP contribution is -2.28. The number of amides is 2. The third-order valence-electron chi connectivity index (χ3n) is 4.96. The second-order valence-corrected chi connectivity index (χ2v) is 7.14. The van der Waals surface area contributed by atoms with E-state index < -0.39 is 0 Å². The highest BCUT2D eigenvalue weighted by Crippen LogP contribution is 2.22. The summed E-state index contributed by atoms with van der Waals surface area (Å²) in [6.45, 7) is 6.92. The number of rotatable bonds is 5. The lowest BCUT2D eigenvalue weighted by atomic mass is 9.99.